The summed E-state index contributed by atoms with van der Waals surface area (Å²) < 4.78 is 31.7. The summed E-state index contributed by atoms with van der Waals surface area (Å²) in [4.78, 5) is 18.4. The first kappa shape index (κ1) is 15.6. The molecule has 1 aliphatic rings. The van der Waals surface area contributed by atoms with Crippen molar-refractivity contribution in [3.8, 4) is 0 Å². The van der Waals surface area contributed by atoms with Crippen LogP contribution >= 0.6 is 0 Å². The summed E-state index contributed by atoms with van der Waals surface area (Å²) in [7, 11) is 0. The maximum Gasteiger partial charge on any atom is 0.296 e. The van der Waals surface area contributed by atoms with Gasteiger partial charge in [0, 0.05) is 19.2 Å². The number of fused-ring (bicyclic) bond motifs is 1. The molecule has 25 heavy (non-hydrogen) atoms. The van der Waals surface area contributed by atoms with Crippen LogP contribution < -0.4 is 5.32 Å². The molecule has 1 unspecified atom stereocenters. The Hall–Kier alpha value is -2.96. The van der Waals surface area contributed by atoms with Gasteiger partial charge in [-0.3, -0.25) is 4.79 Å². The SMILES string of the molecule is O=C1C(Nc2nc3cc(F)ccc3o2)CCN1Cc1ccc(F)cc1. The highest BCUT2D eigenvalue weighted by atomic mass is 19.1. The van der Waals surface area contributed by atoms with E-state index in [-0.39, 0.29) is 17.7 Å². The van der Waals surface area contributed by atoms with Gasteiger partial charge in [-0.05, 0) is 36.2 Å². The smallest absolute Gasteiger partial charge is 0.296 e. The number of hydrogen-bond donors (Lipinski definition) is 1. The fraction of sp³-hybridized carbons (Fsp3) is 0.222. The van der Waals surface area contributed by atoms with E-state index >= 15 is 0 Å². The van der Waals surface area contributed by atoms with Crippen molar-refractivity contribution in [2.75, 3.05) is 11.9 Å². The number of amides is 1. The molecule has 5 nitrogen and oxygen atoms in total. The number of carbonyl (C=O) groups is 1. The van der Waals surface area contributed by atoms with Gasteiger partial charge >= 0.3 is 0 Å². The highest BCUT2D eigenvalue weighted by Crippen LogP contribution is 2.23. The molecule has 1 fully saturated rings. The largest absolute Gasteiger partial charge is 0.424 e. The number of anilines is 1. The lowest BCUT2D eigenvalue weighted by molar-refractivity contribution is -0.128. The minimum Gasteiger partial charge on any atom is -0.424 e. The van der Waals surface area contributed by atoms with E-state index in [1.165, 1.54) is 30.3 Å². The Morgan fingerprint density at radius 2 is 1.92 bits per heavy atom. The second-order valence-corrected chi connectivity index (χ2v) is 6.00. The van der Waals surface area contributed by atoms with Crippen molar-refractivity contribution in [3.63, 3.8) is 0 Å². The lowest BCUT2D eigenvalue weighted by atomic mass is 10.2. The Labute approximate surface area is 142 Å². The fourth-order valence-electron chi connectivity index (χ4n) is 2.95. The van der Waals surface area contributed by atoms with Crippen molar-refractivity contribution in [1.82, 2.24) is 9.88 Å². The van der Waals surface area contributed by atoms with E-state index in [2.05, 4.69) is 10.3 Å². The van der Waals surface area contributed by atoms with Crippen molar-refractivity contribution in [2.45, 2.75) is 19.0 Å². The summed E-state index contributed by atoms with van der Waals surface area (Å²) in [6.45, 7) is 1.01. The zero-order valence-electron chi connectivity index (χ0n) is 13.2. The molecule has 2 aromatic carbocycles. The maximum atomic E-state index is 13.2. The van der Waals surface area contributed by atoms with Crippen LogP contribution in [0.4, 0.5) is 14.8 Å². The van der Waals surface area contributed by atoms with Crippen LogP contribution in [-0.4, -0.2) is 28.4 Å². The molecule has 128 valence electrons. The molecule has 1 amide bonds. The van der Waals surface area contributed by atoms with E-state index < -0.39 is 11.9 Å². The summed E-state index contributed by atoms with van der Waals surface area (Å²) in [5.41, 5.74) is 1.72. The number of nitrogens with one attached hydrogen (secondary N) is 1. The third kappa shape index (κ3) is 3.17. The molecule has 2 heterocycles. The van der Waals surface area contributed by atoms with E-state index in [0.29, 0.717) is 30.6 Å². The lowest BCUT2D eigenvalue weighted by Gasteiger charge is -2.16. The third-order valence-corrected chi connectivity index (χ3v) is 4.23. The van der Waals surface area contributed by atoms with Crippen molar-refractivity contribution in [2.24, 2.45) is 0 Å². The van der Waals surface area contributed by atoms with Crippen molar-refractivity contribution in [1.29, 1.82) is 0 Å². The molecular formula is C18H15F2N3O2. The topological polar surface area (TPSA) is 58.4 Å². The quantitative estimate of drug-likeness (QED) is 0.789. The van der Waals surface area contributed by atoms with E-state index in [1.54, 1.807) is 17.0 Å². The minimum absolute atomic E-state index is 0.0715. The van der Waals surface area contributed by atoms with Gasteiger partial charge < -0.3 is 14.6 Å². The van der Waals surface area contributed by atoms with Crippen LogP contribution in [0.3, 0.4) is 0 Å². The van der Waals surface area contributed by atoms with Gasteiger partial charge in [0.1, 0.15) is 23.2 Å². The van der Waals surface area contributed by atoms with Crippen LogP contribution in [0.25, 0.3) is 11.1 Å². The number of nitrogens with zero attached hydrogens (tertiary/aromatic N) is 2. The van der Waals surface area contributed by atoms with Crippen molar-refractivity contribution >= 4 is 23.0 Å². The third-order valence-electron chi connectivity index (χ3n) is 4.23. The molecule has 0 aliphatic carbocycles. The second kappa shape index (κ2) is 6.16. The molecule has 1 aliphatic heterocycles. The number of aromatic nitrogens is 1. The predicted molar refractivity (Wildman–Crippen MR) is 87.8 cm³/mol. The Morgan fingerprint density at radius 3 is 2.72 bits per heavy atom. The van der Waals surface area contributed by atoms with Gasteiger partial charge in [0.05, 0.1) is 0 Å². The number of carbonyl (C=O) groups excluding carboxylic acids is 1. The summed E-state index contributed by atoms with van der Waals surface area (Å²) in [6, 6.07) is 9.91. The van der Waals surface area contributed by atoms with E-state index in [1.807, 2.05) is 0 Å². The van der Waals surface area contributed by atoms with Gasteiger partial charge in [0.2, 0.25) is 5.91 Å². The van der Waals surface area contributed by atoms with Gasteiger partial charge in [0.15, 0.2) is 5.58 Å². The highest BCUT2D eigenvalue weighted by Gasteiger charge is 2.32. The molecule has 1 aromatic heterocycles. The van der Waals surface area contributed by atoms with Gasteiger partial charge in [-0.1, -0.05) is 12.1 Å². The molecule has 4 rings (SSSR count). The molecule has 1 atom stereocenters. The highest BCUT2D eigenvalue weighted by molar-refractivity contribution is 5.86. The Kier molecular flexibility index (Phi) is 3.83. The van der Waals surface area contributed by atoms with Gasteiger partial charge in [-0.25, -0.2) is 8.78 Å². The Bertz CT molecular complexity index is 924. The monoisotopic (exact) mass is 343 g/mol. The first-order valence-corrected chi connectivity index (χ1v) is 7.94. The number of likely N-dealkylation sites (tertiary alicyclic amines) is 1. The van der Waals surface area contributed by atoms with Crippen LogP contribution in [-0.2, 0) is 11.3 Å². The lowest BCUT2D eigenvalue weighted by Crippen LogP contribution is -2.33. The normalized spacial score (nSPS) is 17.4. The molecule has 1 N–H and O–H groups in total. The predicted octanol–water partition coefficient (Wildman–Crippen LogP) is 3.32. The average molecular weight is 343 g/mol. The Morgan fingerprint density at radius 1 is 1.16 bits per heavy atom. The molecule has 0 saturated carbocycles. The molecule has 0 radical (unpaired) electrons. The van der Waals surface area contributed by atoms with Crippen molar-refractivity contribution in [3.05, 3.63) is 59.7 Å². The van der Waals surface area contributed by atoms with Crippen LogP contribution in [0.2, 0.25) is 0 Å². The fourth-order valence-corrected chi connectivity index (χ4v) is 2.95. The van der Waals surface area contributed by atoms with Gasteiger partial charge in [0.25, 0.3) is 6.01 Å². The standard InChI is InChI=1S/C18H15F2N3O2/c19-12-3-1-11(2-4-12)10-23-8-7-14(17(23)24)21-18-22-15-9-13(20)5-6-16(15)25-18/h1-6,9,14H,7-8,10H2,(H,21,22). The molecular weight excluding hydrogens is 328 g/mol. The minimum atomic E-state index is -0.446. The molecule has 3 aromatic rings. The van der Waals surface area contributed by atoms with Crippen LogP contribution in [0.1, 0.15) is 12.0 Å². The summed E-state index contributed by atoms with van der Waals surface area (Å²) >= 11 is 0. The average Bonchev–Trinajstić information content (AvgIpc) is 3.14. The number of halogens is 2. The zero-order chi connectivity index (χ0) is 17.4. The van der Waals surface area contributed by atoms with Gasteiger partial charge in [-0.15, -0.1) is 0 Å². The molecule has 7 heteroatoms. The number of rotatable bonds is 4. The summed E-state index contributed by atoms with van der Waals surface area (Å²) in [6.07, 6.45) is 0.604. The number of oxazole rings is 1. The van der Waals surface area contributed by atoms with E-state index in [4.69, 9.17) is 4.42 Å². The summed E-state index contributed by atoms with van der Waals surface area (Å²) in [5.74, 6) is -0.768. The van der Waals surface area contributed by atoms with E-state index in [0.717, 1.165) is 5.56 Å². The summed E-state index contributed by atoms with van der Waals surface area (Å²) in [5, 5.41) is 2.97. The number of benzene rings is 2. The van der Waals surface area contributed by atoms with E-state index in [9.17, 15) is 13.6 Å². The van der Waals surface area contributed by atoms with Gasteiger partial charge in [-0.2, -0.15) is 4.98 Å². The maximum absolute atomic E-state index is 13.2. The molecule has 1 saturated heterocycles. The molecule has 0 bridgehead atoms. The van der Waals surface area contributed by atoms with Crippen LogP contribution in [0.5, 0.6) is 0 Å². The Balaban J connectivity index is 1.44. The first-order chi connectivity index (χ1) is 12.1. The second-order valence-electron chi connectivity index (χ2n) is 6.00. The number of hydrogen-bond acceptors (Lipinski definition) is 4. The first-order valence-electron chi connectivity index (χ1n) is 7.94. The van der Waals surface area contributed by atoms with Crippen LogP contribution in [0, 0.1) is 11.6 Å². The molecule has 0 spiro atoms. The zero-order valence-corrected chi connectivity index (χ0v) is 13.2. The van der Waals surface area contributed by atoms with Crippen LogP contribution in [0.15, 0.2) is 46.9 Å². The van der Waals surface area contributed by atoms with Crippen molar-refractivity contribution < 1.29 is 18.0 Å².